The fourth-order valence-electron chi connectivity index (χ4n) is 2.72. The number of nitriles is 1. The van der Waals surface area contributed by atoms with Gasteiger partial charge in [-0.2, -0.15) is 5.26 Å². The van der Waals surface area contributed by atoms with Gasteiger partial charge in [0.2, 0.25) is 0 Å². The van der Waals surface area contributed by atoms with E-state index in [1.54, 1.807) is 11.3 Å². The molecule has 4 nitrogen and oxygen atoms in total. The first kappa shape index (κ1) is 14.8. The quantitative estimate of drug-likeness (QED) is 0.875. The SMILES string of the molecule is N#CC(c1cccs1)N1CCN(C(=O)c2ccccc2)CC1. The number of benzene rings is 1. The van der Waals surface area contributed by atoms with Crippen molar-refractivity contribution in [2.24, 2.45) is 0 Å². The minimum absolute atomic E-state index is 0.0740. The molecule has 1 aliphatic heterocycles. The summed E-state index contributed by atoms with van der Waals surface area (Å²) in [5, 5.41) is 11.4. The number of amides is 1. The predicted molar refractivity (Wildman–Crippen MR) is 86.6 cm³/mol. The summed E-state index contributed by atoms with van der Waals surface area (Å²) < 4.78 is 0. The topological polar surface area (TPSA) is 47.3 Å². The molecule has 1 fully saturated rings. The van der Waals surface area contributed by atoms with Gasteiger partial charge in [-0.3, -0.25) is 9.69 Å². The lowest BCUT2D eigenvalue weighted by Gasteiger charge is -2.36. The molecule has 112 valence electrons. The maximum absolute atomic E-state index is 12.4. The maximum atomic E-state index is 12.4. The molecule has 0 spiro atoms. The average Bonchev–Trinajstić information content (AvgIpc) is 3.11. The molecule has 1 amide bonds. The van der Waals surface area contributed by atoms with Crippen LogP contribution in [0, 0.1) is 11.3 Å². The van der Waals surface area contributed by atoms with Crippen LogP contribution in [0.25, 0.3) is 0 Å². The van der Waals surface area contributed by atoms with Crippen molar-refractivity contribution in [1.29, 1.82) is 5.26 Å². The summed E-state index contributed by atoms with van der Waals surface area (Å²) in [6.45, 7) is 2.79. The Morgan fingerprint density at radius 2 is 1.82 bits per heavy atom. The van der Waals surface area contributed by atoms with Gasteiger partial charge >= 0.3 is 0 Å². The van der Waals surface area contributed by atoms with Crippen LogP contribution in [-0.2, 0) is 0 Å². The van der Waals surface area contributed by atoms with Crippen LogP contribution in [0.1, 0.15) is 21.3 Å². The number of thiophene rings is 1. The molecule has 5 heteroatoms. The Bertz CT molecular complexity index is 655. The van der Waals surface area contributed by atoms with Gasteiger partial charge in [0.1, 0.15) is 6.04 Å². The van der Waals surface area contributed by atoms with Crippen LogP contribution in [-0.4, -0.2) is 41.9 Å². The van der Waals surface area contributed by atoms with Gasteiger partial charge < -0.3 is 4.90 Å². The highest BCUT2D eigenvalue weighted by Crippen LogP contribution is 2.25. The van der Waals surface area contributed by atoms with Crippen molar-refractivity contribution in [2.75, 3.05) is 26.2 Å². The maximum Gasteiger partial charge on any atom is 0.253 e. The third kappa shape index (κ3) is 3.03. The van der Waals surface area contributed by atoms with Crippen LogP contribution >= 0.6 is 11.3 Å². The predicted octanol–water partition coefficient (Wildman–Crippen LogP) is 2.77. The first-order chi connectivity index (χ1) is 10.8. The molecule has 1 aromatic carbocycles. The molecule has 1 saturated heterocycles. The molecule has 22 heavy (non-hydrogen) atoms. The number of carbonyl (C=O) groups excluding carboxylic acids is 1. The molecule has 1 unspecified atom stereocenters. The van der Waals surface area contributed by atoms with E-state index < -0.39 is 0 Å². The Balaban J connectivity index is 1.63. The van der Waals surface area contributed by atoms with E-state index in [0.29, 0.717) is 13.1 Å². The summed E-state index contributed by atoms with van der Waals surface area (Å²) in [7, 11) is 0. The van der Waals surface area contributed by atoms with Gasteiger partial charge in [0.25, 0.3) is 5.91 Å². The number of nitrogens with zero attached hydrogens (tertiary/aromatic N) is 3. The lowest BCUT2D eigenvalue weighted by Crippen LogP contribution is -2.49. The second kappa shape index (κ2) is 6.73. The minimum Gasteiger partial charge on any atom is -0.336 e. The van der Waals surface area contributed by atoms with Crippen molar-refractivity contribution in [3.63, 3.8) is 0 Å². The van der Waals surface area contributed by atoms with E-state index >= 15 is 0 Å². The highest BCUT2D eigenvalue weighted by molar-refractivity contribution is 7.10. The van der Waals surface area contributed by atoms with Crippen LogP contribution in [0.15, 0.2) is 47.8 Å². The van der Waals surface area contributed by atoms with Gasteiger partial charge in [-0.05, 0) is 23.6 Å². The summed E-state index contributed by atoms with van der Waals surface area (Å²) >= 11 is 1.61. The van der Waals surface area contributed by atoms with E-state index in [1.807, 2.05) is 52.7 Å². The zero-order valence-electron chi connectivity index (χ0n) is 12.2. The Morgan fingerprint density at radius 1 is 1.09 bits per heavy atom. The van der Waals surface area contributed by atoms with Crippen molar-refractivity contribution < 1.29 is 4.79 Å². The standard InChI is InChI=1S/C17H17N3OS/c18-13-15(16-7-4-12-22-16)19-8-10-20(11-9-19)17(21)14-5-2-1-3-6-14/h1-7,12,15H,8-11H2. The molecule has 0 saturated carbocycles. The molecule has 1 aliphatic rings. The number of piperazine rings is 1. The molecule has 2 heterocycles. The molecule has 0 radical (unpaired) electrons. The van der Waals surface area contributed by atoms with E-state index in [0.717, 1.165) is 23.5 Å². The van der Waals surface area contributed by atoms with Gasteiger partial charge in [0.05, 0.1) is 6.07 Å². The largest absolute Gasteiger partial charge is 0.336 e. The van der Waals surface area contributed by atoms with E-state index in [-0.39, 0.29) is 11.9 Å². The first-order valence-corrected chi connectivity index (χ1v) is 8.19. The Hall–Kier alpha value is -2.16. The number of carbonyl (C=O) groups is 1. The van der Waals surface area contributed by atoms with Crippen LogP contribution < -0.4 is 0 Å². The summed E-state index contributed by atoms with van der Waals surface area (Å²) in [4.78, 5) is 17.5. The molecule has 0 N–H and O–H groups in total. The Labute approximate surface area is 134 Å². The Kier molecular flexibility index (Phi) is 4.52. The third-order valence-electron chi connectivity index (χ3n) is 3.92. The third-order valence-corrected chi connectivity index (χ3v) is 4.85. The van der Waals surface area contributed by atoms with Crippen LogP contribution in [0.5, 0.6) is 0 Å². The molecule has 0 bridgehead atoms. The molecule has 2 aromatic rings. The fraction of sp³-hybridized carbons (Fsp3) is 0.294. The molecule has 1 aromatic heterocycles. The van der Waals surface area contributed by atoms with Gasteiger partial charge in [-0.1, -0.05) is 24.3 Å². The molecular weight excluding hydrogens is 294 g/mol. The first-order valence-electron chi connectivity index (χ1n) is 7.31. The second-order valence-electron chi connectivity index (χ2n) is 5.24. The molecular formula is C17H17N3OS. The monoisotopic (exact) mass is 311 g/mol. The van der Waals surface area contributed by atoms with Crippen molar-refractivity contribution in [2.45, 2.75) is 6.04 Å². The smallest absolute Gasteiger partial charge is 0.253 e. The average molecular weight is 311 g/mol. The van der Waals surface area contributed by atoms with Crippen molar-refractivity contribution in [1.82, 2.24) is 9.80 Å². The van der Waals surface area contributed by atoms with Crippen LogP contribution in [0.3, 0.4) is 0 Å². The molecule has 0 aliphatic carbocycles. The Morgan fingerprint density at radius 3 is 2.41 bits per heavy atom. The number of rotatable bonds is 3. The lowest BCUT2D eigenvalue weighted by atomic mass is 10.1. The van der Waals surface area contributed by atoms with Crippen molar-refractivity contribution >= 4 is 17.2 Å². The summed E-state index contributed by atoms with van der Waals surface area (Å²) in [5.41, 5.74) is 0.728. The van der Waals surface area contributed by atoms with Gasteiger partial charge in [0, 0.05) is 36.6 Å². The molecule has 3 rings (SSSR count). The van der Waals surface area contributed by atoms with E-state index in [9.17, 15) is 10.1 Å². The highest BCUT2D eigenvalue weighted by Gasteiger charge is 2.27. The molecule has 1 atom stereocenters. The van der Waals surface area contributed by atoms with Gasteiger partial charge in [-0.25, -0.2) is 0 Å². The number of hydrogen-bond acceptors (Lipinski definition) is 4. The van der Waals surface area contributed by atoms with Gasteiger partial charge in [0.15, 0.2) is 0 Å². The van der Waals surface area contributed by atoms with E-state index in [1.165, 1.54) is 0 Å². The van der Waals surface area contributed by atoms with Crippen molar-refractivity contribution in [3.8, 4) is 6.07 Å². The lowest BCUT2D eigenvalue weighted by molar-refractivity contribution is 0.0608. The van der Waals surface area contributed by atoms with Crippen LogP contribution in [0.4, 0.5) is 0 Å². The minimum atomic E-state index is -0.200. The summed E-state index contributed by atoms with van der Waals surface area (Å²) in [5.74, 6) is 0.0740. The number of hydrogen-bond donors (Lipinski definition) is 0. The van der Waals surface area contributed by atoms with Crippen molar-refractivity contribution in [3.05, 3.63) is 58.3 Å². The normalized spacial score (nSPS) is 17.0. The van der Waals surface area contributed by atoms with E-state index in [2.05, 4.69) is 11.0 Å². The summed E-state index contributed by atoms with van der Waals surface area (Å²) in [6, 6.07) is 15.5. The van der Waals surface area contributed by atoms with E-state index in [4.69, 9.17) is 0 Å². The zero-order valence-corrected chi connectivity index (χ0v) is 13.0. The van der Waals surface area contributed by atoms with Crippen LogP contribution in [0.2, 0.25) is 0 Å². The second-order valence-corrected chi connectivity index (χ2v) is 6.22. The van der Waals surface area contributed by atoms with Gasteiger partial charge in [-0.15, -0.1) is 11.3 Å². The highest BCUT2D eigenvalue weighted by atomic mass is 32.1. The summed E-state index contributed by atoms with van der Waals surface area (Å²) in [6.07, 6.45) is 0. The fourth-order valence-corrected chi connectivity index (χ4v) is 3.52. The zero-order chi connectivity index (χ0) is 15.4.